The van der Waals surface area contributed by atoms with Gasteiger partial charge in [0.05, 0.1) is 12.4 Å². The van der Waals surface area contributed by atoms with Gasteiger partial charge in [-0.1, -0.05) is 34.1 Å². The maximum absolute atomic E-state index is 13.3. The van der Waals surface area contributed by atoms with E-state index in [1.165, 1.54) is 12.5 Å². The lowest BCUT2D eigenvalue weighted by molar-refractivity contribution is -0.142. The van der Waals surface area contributed by atoms with Gasteiger partial charge in [-0.15, -0.1) is 0 Å². The Bertz CT molecular complexity index is 890. The highest BCUT2D eigenvalue weighted by atomic mass is 16.4. The molecule has 13 nitrogen and oxygen atoms in total. The number of primary amides is 1. The van der Waals surface area contributed by atoms with E-state index >= 15 is 0 Å². The van der Waals surface area contributed by atoms with Crippen molar-refractivity contribution in [1.29, 1.82) is 0 Å². The number of amides is 4. The molecule has 0 aliphatic heterocycles. The van der Waals surface area contributed by atoms with Crippen LogP contribution in [0.1, 0.15) is 59.1 Å². The Balaban J connectivity index is 3.08. The van der Waals surface area contributed by atoms with Crippen molar-refractivity contribution in [1.82, 2.24) is 25.9 Å². The summed E-state index contributed by atoms with van der Waals surface area (Å²) in [6.07, 6.45) is 3.39. The normalized spacial score (nSPS) is 15.3. The molecular formula is C23H39N7O6. The number of H-pyrrole nitrogens is 1. The number of nitrogens with zero attached hydrogens (tertiary/aromatic N) is 1. The smallest absolute Gasteiger partial charge is 0.326 e. The molecule has 1 rings (SSSR count). The lowest BCUT2D eigenvalue weighted by Crippen LogP contribution is -2.59. The molecule has 0 aliphatic carbocycles. The average molecular weight is 510 g/mol. The molecule has 0 spiro atoms. The first kappa shape index (κ1) is 30.6. The molecule has 5 unspecified atom stereocenters. The molecule has 13 heteroatoms. The van der Waals surface area contributed by atoms with Gasteiger partial charge in [-0.3, -0.25) is 19.2 Å². The minimum absolute atomic E-state index is 0.0201. The third-order valence-electron chi connectivity index (χ3n) is 5.76. The monoisotopic (exact) mass is 509 g/mol. The molecule has 0 aliphatic rings. The van der Waals surface area contributed by atoms with Crippen molar-refractivity contribution < 1.29 is 29.1 Å². The zero-order valence-electron chi connectivity index (χ0n) is 21.2. The van der Waals surface area contributed by atoms with Crippen LogP contribution in [0.15, 0.2) is 12.5 Å². The van der Waals surface area contributed by atoms with Gasteiger partial charge in [0, 0.05) is 24.7 Å². The van der Waals surface area contributed by atoms with Crippen molar-refractivity contribution in [2.45, 2.75) is 84.0 Å². The second-order valence-electron chi connectivity index (χ2n) is 9.35. The number of carboxylic acid groups (broad SMARTS) is 1. The molecule has 1 aromatic heterocycles. The van der Waals surface area contributed by atoms with Crippen LogP contribution >= 0.6 is 0 Å². The van der Waals surface area contributed by atoms with E-state index < -0.39 is 53.8 Å². The van der Waals surface area contributed by atoms with E-state index in [1.54, 1.807) is 6.92 Å². The molecule has 0 bridgehead atoms. The number of imidazole rings is 1. The highest BCUT2D eigenvalue weighted by molar-refractivity contribution is 5.94. The number of aliphatic carboxylic acids is 1. The fourth-order valence-electron chi connectivity index (χ4n) is 3.48. The highest BCUT2D eigenvalue weighted by Gasteiger charge is 2.33. The van der Waals surface area contributed by atoms with E-state index in [0.717, 1.165) is 0 Å². The third kappa shape index (κ3) is 10.4. The summed E-state index contributed by atoms with van der Waals surface area (Å²) < 4.78 is 0. The topological polar surface area (TPSA) is 222 Å². The summed E-state index contributed by atoms with van der Waals surface area (Å²) in [4.78, 5) is 68.3. The van der Waals surface area contributed by atoms with Gasteiger partial charge < -0.3 is 37.5 Å². The summed E-state index contributed by atoms with van der Waals surface area (Å²) in [5, 5.41) is 17.1. The van der Waals surface area contributed by atoms with E-state index in [4.69, 9.17) is 11.5 Å². The fourth-order valence-corrected chi connectivity index (χ4v) is 3.48. The molecule has 202 valence electrons. The lowest BCUT2D eigenvalue weighted by Gasteiger charge is -2.28. The molecule has 0 radical (unpaired) electrons. The van der Waals surface area contributed by atoms with Crippen LogP contribution in [0.4, 0.5) is 0 Å². The largest absolute Gasteiger partial charge is 0.480 e. The summed E-state index contributed by atoms with van der Waals surface area (Å²) in [6, 6.07) is -4.34. The van der Waals surface area contributed by atoms with E-state index in [0.29, 0.717) is 18.5 Å². The van der Waals surface area contributed by atoms with Crippen molar-refractivity contribution in [3.63, 3.8) is 0 Å². The maximum Gasteiger partial charge on any atom is 0.326 e. The molecule has 0 aromatic carbocycles. The number of carbonyl (C=O) groups is 5. The van der Waals surface area contributed by atoms with Gasteiger partial charge in [0.2, 0.25) is 23.6 Å². The predicted octanol–water partition coefficient (Wildman–Crippen LogP) is -0.824. The van der Waals surface area contributed by atoms with Crippen LogP contribution in [0.5, 0.6) is 0 Å². The van der Waals surface area contributed by atoms with Crippen LogP contribution in [0, 0.1) is 11.8 Å². The summed E-state index contributed by atoms with van der Waals surface area (Å²) >= 11 is 0. The van der Waals surface area contributed by atoms with E-state index in [-0.39, 0.29) is 31.1 Å². The maximum atomic E-state index is 13.3. The Morgan fingerprint density at radius 3 is 2.17 bits per heavy atom. The number of nitrogens with one attached hydrogen (secondary N) is 4. The summed E-state index contributed by atoms with van der Waals surface area (Å²) in [5.41, 5.74) is 11.6. The number of hydrogen-bond acceptors (Lipinski definition) is 7. The van der Waals surface area contributed by atoms with E-state index in [9.17, 15) is 29.1 Å². The SMILES string of the molecule is CCC(C)C(NC(=O)C(N)CC(C)C)C(=O)NC(Cc1cnc[nH]1)C(=O)NC(CCC(N)=O)C(=O)O. The number of carboxylic acids is 1. The minimum atomic E-state index is -1.38. The lowest BCUT2D eigenvalue weighted by atomic mass is 9.96. The second kappa shape index (κ2) is 14.8. The third-order valence-corrected chi connectivity index (χ3v) is 5.76. The first-order valence-electron chi connectivity index (χ1n) is 12.0. The summed E-state index contributed by atoms with van der Waals surface area (Å²) in [6.45, 7) is 7.50. The zero-order valence-corrected chi connectivity index (χ0v) is 21.2. The standard InChI is InChI=1S/C23H39N7O6/c1-5-13(4)19(30-20(32)15(24)8-12(2)3)22(34)29-17(9-14-10-26-11-27-14)21(33)28-16(23(35)36)6-7-18(25)31/h10-13,15-17,19H,5-9,24H2,1-4H3,(H2,25,31)(H,26,27)(H,28,33)(H,29,34)(H,30,32)(H,35,36). The molecule has 0 fully saturated rings. The Labute approximate surface area is 210 Å². The highest BCUT2D eigenvalue weighted by Crippen LogP contribution is 2.11. The Morgan fingerprint density at radius 2 is 1.67 bits per heavy atom. The number of nitrogens with two attached hydrogens (primary N) is 2. The van der Waals surface area contributed by atoms with Gasteiger partial charge in [-0.2, -0.15) is 0 Å². The summed E-state index contributed by atoms with van der Waals surface area (Å²) in [7, 11) is 0. The van der Waals surface area contributed by atoms with Crippen molar-refractivity contribution >= 4 is 29.6 Å². The summed E-state index contributed by atoms with van der Waals surface area (Å²) in [5.74, 6) is -4.02. The van der Waals surface area contributed by atoms with Gasteiger partial charge in [-0.25, -0.2) is 9.78 Å². The number of aromatic nitrogens is 2. The van der Waals surface area contributed by atoms with Crippen LogP contribution in [0.25, 0.3) is 0 Å². The molecule has 9 N–H and O–H groups in total. The van der Waals surface area contributed by atoms with Gasteiger partial charge in [0.15, 0.2) is 0 Å². The Hall–Kier alpha value is -3.48. The van der Waals surface area contributed by atoms with Crippen LogP contribution in [-0.4, -0.2) is 68.8 Å². The first-order chi connectivity index (χ1) is 16.8. The molecule has 4 amide bonds. The van der Waals surface area contributed by atoms with Crippen LogP contribution < -0.4 is 27.4 Å². The number of carbonyl (C=O) groups excluding carboxylic acids is 4. The zero-order chi connectivity index (χ0) is 27.4. The molecule has 0 saturated carbocycles. The van der Waals surface area contributed by atoms with E-state index in [2.05, 4.69) is 25.9 Å². The molecule has 36 heavy (non-hydrogen) atoms. The number of aromatic amines is 1. The van der Waals surface area contributed by atoms with Crippen molar-refractivity contribution in [2.75, 3.05) is 0 Å². The fraction of sp³-hybridized carbons (Fsp3) is 0.652. The molecular weight excluding hydrogens is 470 g/mol. The Morgan fingerprint density at radius 1 is 1.03 bits per heavy atom. The first-order valence-corrected chi connectivity index (χ1v) is 12.0. The quantitative estimate of drug-likeness (QED) is 0.149. The second-order valence-corrected chi connectivity index (χ2v) is 9.35. The Kier molecular flexibility index (Phi) is 12.6. The van der Waals surface area contributed by atoms with Crippen molar-refractivity contribution in [3.8, 4) is 0 Å². The van der Waals surface area contributed by atoms with Gasteiger partial charge in [-0.05, 0) is 24.7 Å². The molecule has 5 atom stereocenters. The average Bonchev–Trinajstić information content (AvgIpc) is 3.31. The van der Waals surface area contributed by atoms with Gasteiger partial charge in [0.25, 0.3) is 0 Å². The van der Waals surface area contributed by atoms with Crippen molar-refractivity contribution in [3.05, 3.63) is 18.2 Å². The van der Waals surface area contributed by atoms with Crippen molar-refractivity contribution in [2.24, 2.45) is 23.3 Å². The van der Waals surface area contributed by atoms with Gasteiger partial charge in [0.1, 0.15) is 18.1 Å². The number of rotatable bonds is 16. The number of hydrogen-bond donors (Lipinski definition) is 7. The van der Waals surface area contributed by atoms with Crippen LogP contribution in [0.3, 0.4) is 0 Å². The predicted molar refractivity (Wildman–Crippen MR) is 131 cm³/mol. The van der Waals surface area contributed by atoms with E-state index in [1.807, 2.05) is 20.8 Å². The molecule has 1 aromatic rings. The van der Waals surface area contributed by atoms with Crippen LogP contribution in [-0.2, 0) is 30.4 Å². The van der Waals surface area contributed by atoms with Gasteiger partial charge >= 0.3 is 5.97 Å². The van der Waals surface area contributed by atoms with Crippen LogP contribution in [0.2, 0.25) is 0 Å². The minimum Gasteiger partial charge on any atom is -0.480 e. The molecule has 1 heterocycles. The molecule has 0 saturated heterocycles.